The smallest absolute Gasteiger partial charge is 0.342 e. The normalized spacial score (nSPS) is 11.8. The number of aryl methyl sites for hydroxylation is 1. The maximum absolute atomic E-state index is 12.0. The lowest BCUT2D eigenvalue weighted by atomic mass is 10.2. The molecule has 0 radical (unpaired) electrons. The van der Waals surface area contributed by atoms with Gasteiger partial charge in [0.2, 0.25) is 0 Å². The molecule has 116 valence electrons. The second kappa shape index (κ2) is 6.61. The van der Waals surface area contributed by atoms with Gasteiger partial charge in [0, 0.05) is 10.5 Å². The fourth-order valence-electron chi connectivity index (χ4n) is 1.60. The summed E-state index contributed by atoms with van der Waals surface area (Å²) >= 11 is 3.19. The van der Waals surface area contributed by atoms with Gasteiger partial charge in [-0.05, 0) is 32.0 Å². The van der Waals surface area contributed by atoms with Gasteiger partial charge in [-0.15, -0.1) is 0 Å². The molecule has 2 rings (SSSR count). The summed E-state index contributed by atoms with van der Waals surface area (Å²) in [4.78, 5) is 23.9. The van der Waals surface area contributed by atoms with Gasteiger partial charge in [0.25, 0.3) is 5.91 Å². The highest BCUT2D eigenvalue weighted by molar-refractivity contribution is 9.10. The van der Waals surface area contributed by atoms with E-state index < -0.39 is 18.0 Å². The van der Waals surface area contributed by atoms with Crippen molar-refractivity contribution < 1.29 is 24.0 Å². The summed E-state index contributed by atoms with van der Waals surface area (Å²) in [6.45, 7) is 3.09. The van der Waals surface area contributed by atoms with Crippen molar-refractivity contribution in [2.75, 3.05) is 5.32 Å². The average molecular weight is 369 g/mol. The lowest BCUT2D eigenvalue weighted by Gasteiger charge is -2.13. The standard InChI is InChI=1S/C14H13BrN2O5/c1-7-5-12(17-22-7)16-13(19)8(2)21-14(20)10-6-9(15)3-4-11(10)18/h3-6,8,18H,1-2H3,(H,16,17,19)/t8-/m0/s1. The number of hydrogen-bond donors (Lipinski definition) is 2. The van der Waals surface area contributed by atoms with Crippen molar-refractivity contribution in [1.82, 2.24) is 5.16 Å². The molecule has 2 N–H and O–H groups in total. The van der Waals surface area contributed by atoms with E-state index in [-0.39, 0.29) is 17.1 Å². The number of anilines is 1. The summed E-state index contributed by atoms with van der Waals surface area (Å²) in [5, 5.41) is 15.7. The van der Waals surface area contributed by atoms with Crippen molar-refractivity contribution in [3.05, 3.63) is 40.1 Å². The summed E-state index contributed by atoms with van der Waals surface area (Å²) in [7, 11) is 0. The largest absolute Gasteiger partial charge is 0.507 e. The fraction of sp³-hybridized carbons (Fsp3) is 0.214. The first-order valence-electron chi connectivity index (χ1n) is 6.30. The maximum atomic E-state index is 12.0. The zero-order chi connectivity index (χ0) is 16.3. The summed E-state index contributed by atoms with van der Waals surface area (Å²) in [5.74, 6) is -0.823. The first-order valence-corrected chi connectivity index (χ1v) is 7.10. The highest BCUT2D eigenvalue weighted by Crippen LogP contribution is 2.23. The topological polar surface area (TPSA) is 102 Å². The Morgan fingerprint density at radius 3 is 2.77 bits per heavy atom. The number of aromatic hydroxyl groups is 1. The Labute approximate surface area is 134 Å². The Bertz CT molecular complexity index is 713. The number of hydrogen-bond acceptors (Lipinski definition) is 6. The molecule has 0 spiro atoms. The number of benzene rings is 1. The van der Waals surface area contributed by atoms with E-state index in [1.54, 1.807) is 13.0 Å². The lowest BCUT2D eigenvalue weighted by molar-refractivity contribution is -0.123. The molecule has 0 saturated heterocycles. The number of aromatic nitrogens is 1. The maximum Gasteiger partial charge on any atom is 0.342 e. The molecule has 1 atom stereocenters. The zero-order valence-electron chi connectivity index (χ0n) is 11.8. The summed E-state index contributed by atoms with van der Waals surface area (Å²) in [6.07, 6.45) is -1.07. The fourth-order valence-corrected chi connectivity index (χ4v) is 1.96. The van der Waals surface area contributed by atoms with Crippen molar-refractivity contribution in [2.24, 2.45) is 0 Å². The van der Waals surface area contributed by atoms with Gasteiger partial charge in [-0.2, -0.15) is 0 Å². The van der Waals surface area contributed by atoms with Crippen molar-refractivity contribution in [2.45, 2.75) is 20.0 Å². The van der Waals surface area contributed by atoms with E-state index in [4.69, 9.17) is 9.26 Å². The van der Waals surface area contributed by atoms with E-state index >= 15 is 0 Å². The Morgan fingerprint density at radius 1 is 1.41 bits per heavy atom. The Kier molecular flexibility index (Phi) is 4.81. The zero-order valence-corrected chi connectivity index (χ0v) is 13.4. The Balaban J connectivity index is 2.01. The summed E-state index contributed by atoms with van der Waals surface area (Å²) < 4.78 is 10.4. The number of phenols is 1. The molecule has 22 heavy (non-hydrogen) atoms. The van der Waals surface area contributed by atoms with Crippen molar-refractivity contribution >= 4 is 33.6 Å². The number of carbonyl (C=O) groups is 2. The molecule has 1 amide bonds. The molecule has 0 bridgehead atoms. The van der Waals surface area contributed by atoms with Gasteiger partial charge in [-0.1, -0.05) is 21.1 Å². The van der Waals surface area contributed by atoms with Crippen molar-refractivity contribution in [1.29, 1.82) is 0 Å². The molecule has 0 aliphatic carbocycles. The molecule has 0 aliphatic rings. The van der Waals surface area contributed by atoms with E-state index in [0.717, 1.165) is 0 Å². The van der Waals surface area contributed by atoms with Gasteiger partial charge in [-0.3, -0.25) is 4.79 Å². The van der Waals surface area contributed by atoms with Crippen LogP contribution in [0.2, 0.25) is 0 Å². The number of halogens is 1. The molecule has 0 saturated carbocycles. The minimum Gasteiger partial charge on any atom is -0.507 e. The molecule has 2 aromatic rings. The second-order valence-corrected chi connectivity index (χ2v) is 5.44. The number of nitrogens with zero attached hydrogens (tertiary/aromatic N) is 1. The number of rotatable bonds is 4. The van der Waals surface area contributed by atoms with Crippen LogP contribution >= 0.6 is 15.9 Å². The molecule has 7 nitrogen and oxygen atoms in total. The highest BCUT2D eigenvalue weighted by Gasteiger charge is 2.22. The van der Waals surface area contributed by atoms with E-state index in [1.165, 1.54) is 25.1 Å². The molecule has 8 heteroatoms. The molecular weight excluding hydrogens is 356 g/mol. The number of phenolic OH excluding ortho intramolecular Hbond substituents is 1. The molecular formula is C14H13BrN2O5. The van der Waals surface area contributed by atoms with Crippen LogP contribution in [0.25, 0.3) is 0 Å². The van der Waals surface area contributed by atoms with Crippen LogP contribution in [-0.4, -0.2) is 28.2 Å². The van der Waals surface area contributed by atoms with Crippen LogP contribution in [0.1, 0.15) is 23.0 Å². The number of nitrogens with one attached hydrogen (secondary N) is 1. The summed E-state index contributed by atoms with van der Waals surface area (Å²) in [6, 6.07) is 5.87. The van der Waals surface area contributed by atoms with E-state index in [9.17, 15) is 14.7 Å². The number of amides is 1. The third-order valence-electron chi connectivity index (χ3n) is 2.71. The predicted molar refractivity (Wildman–Crippen MR) is 80.6 cm³/mol. The third kappa shape index (κ3) is 3.85. The molecule has 1 aromatic carbocycles. The molecule has 0 fully saturated rings. The van der Waals surface area contributed by atoms with Gasteiger partial charge < -0.3 is 19.7 Å². The van der Waals surface area contributed by atoms with Crippen LogP contribution in [0.3, 0.4) is 0 Å². The molecule has 0 aliphatic heterocycles. The molecule has 0 unspecified atom stereocenters. The number of ether oxygens (including phenoxy) is 1. The third-order valence-corrected chi connectivity index (χ3v) is 3.20. The predicted octanol–water partition coefficient (Wildman–Crippen LogP) is 2.64. The van der Waals surface area contributed by atoms with Gasteiger partial charge in [0.1, 0.15) is 17.1 Å². The van der Waals surface area contributed by atoms with Gasteiger partial charge in [0.05, 0.1) is 0 Å². The highest BCUT2D eigenvalue weighted by atomic mass is 79.9. The molecule has 1 heterocycles. The van der Waals surface area contributed by atoms with Gasteiger partial charge in [-0.25, -0.2) is 4.79 Å². The van der Waals surface area contributed by atoms with E-state index in [0.29, 0.717) is 10.2 Å². The first kappa shape index (κ1) is 16.0. The monoisotopic (exact) mass is 368 g/mol. The van der Waals surface area contributed by atoms with E-state index in [1.807, 2.05) is 0 Å². The van der Waals surface area contributed by atoms with E-state index in [2.05, 4.69) is 26.4 Å². The van der Waals surface area contributed by atoms with Crippen molar-refractivity contribution in [3.63, 3.8) is 0 Å². The second-order valence-electron chi connectivity index (χ2n) is 4.52. The van der Waals surface area contributed by atoms with Crippen LogP contribution in [0.5, 0.6) is 5.75 Å². The first-order chi connectivity index (χ1) is 10.4. The molecule has 1 aromatic heterocycles. The lowest BCUT2D eigenvalue weighted by Crippen LogP contribution is -2.30. The van der Waals surface area contributed by atoms with Crippen LogP contribution in [0.4, 0.5) is 5.82 Å². The van der Waals surface area contributed by atoms with Crippen LogP contribution in [-0.2, 0) is 9.53 Å². The van der Waals surface area contributed by atoms with Crippen molar-refractivity contribution in [3.8, 4) is 5.75 Å². The van der Waals surface area contributed by atoms with Crippen LogP contribution < -0.4 is 5.32 Å². The minimum absolute atomic E-state index is 0.0358. The SMILES string of the molecule is Cc1cc(NC(=O)[C@H](C)OC(=O)c2cc(Br)ccc2O)no1. The number of carbonyl (C=O) groups excluding carboxylic acids is 2. The minimum atomic E-state index is -1.07. The quantitative estimate of drug-likeness (QED) is 0.804. The average Bonchev–Trinajstić information content (AvgIpc) is 2.86. The van der Waals surface area contributed by atoms with Crippen LogP contribution in [0, 0.1) is 6.92 Å². The Hall–Kier alpha value is -2.35. The summed E-state index contributed by atoms with van der Waals surface area (Å²) in [5.41, 5.74) is -0.0358. The van der Waals surface area contributed by atoms with Crippen LogP contribution in [0.15, 0.2) is 33.3 Å². The Morgan fingerprint density at radius 2 is 2.14 bits per heavy atom. The number of esters is 1. The van der Waals surface area contributed by atoms with Gasteiger partial charge >= 0.3 is 5.97 Å². The van der Waals surface area contributed by atoms with Gasteiger partial charge in [0.15, 0.2) is 11.9 Å².